The Morgan fingerprint density at radius 1 is 1.10 bits per heavy atom. The predicted molar refractivity (Wildman–Crippen MR) is 111 cm³/mol. The maximum atomic E-state index is 6.22. The van der Waals surface area contributed by atoms with Gasteiger partial charge in [-0.25, -0.2) is 14.5 Å². The Morgan fingerprint density at radius 2 is 1.97 bits per heavy atom. The van der Waals surface area contributed by atoms with Gasteiger partial charge in [0.25, 0.3) is 0 Å². The number of hydrogen-bond donors (Lipinski definition) is 1. The van der Waals surface area contributed by atoms with Crippen LogP contribution in [0.1, 0.15) is 11.6 Å². The summed E-state index contributed by atoms with van der Waals surface area (Å²) < 4.78 is 18.8. The molecule has 2 N–H and O–H groups in total. The molecule has 4 aromatic heterocycles. The second kappa shape index (κ2) is 7.49. The maximum absolute atomic E-state index is 6.22. The van der Waals surface area contributed by atoms with E-state index in [1.54, 1.807) is 36.2 Å². The molecule has 1 atom stereocenters. The number of aromatic nitrogens is 4. The third-order valence-electron chi connectivity index (χ3n) is 4.83. The van der Waals surface area contributed by atoms with Crippen LogP contribution in [-0.2, 0) is 0 Å². The predicted octanol–water partition coefficient (Wildman–Crippen LogP) is 3.62. The van der Waals surface area contributed by atoms with Crippen LogP contribution in [0.2, 0.25) is 0 Å². The van der Waals surface area contributed by atoms with Gasteiger partial charge in [-0.1, -0.05) is 30.3 Å². The fourth-order valence-corrected chi connectivity index (χ4v) is 3.30. The number of furan rings is 1. The summed E-state index contributed by atoms with van der Waals surface area (Å²) in [5.74, 6) is 1.56. The Balaban J connectivity index is 1.45. The van der Waals surface area contributed by atoms with Crippen molar-refractivity contribution >= 4 is 16.6 Å². The van der Waals surface area contributed by atoms with Gasteiger partial charge in [-0.05, 0) is 17.7 Å². The molecule has 0 amide bonds. The molecule has 0 fully saturated rings. The minimum absolute atomic E-state index is 0.249. The molecule has 150 valence electrons. The Kier molecular flexibility index (Phi) is 4.53. The van der Waals surface area contributed by atoms with E-state index in [1.165, 1.54) is 0 Å². The number of ether oxygens (including phenoxy) is 2. The molecule has 0 aliphatic carbocycles. The van der Waals surface area contributed by atoms with Gasteiger partial charge in [0.2, 0.25) is 11.8 Å². The van der Waals surface area contributed by atoms with Crippen molar-refractivity contribution in [1.29, 1.82) is 0 Å². The van der Waals surface area contributed by atoms with Gasteiger partial charge in [0.05, 0.1) is 24.7 Å². The lowest BCUT2D eigenvalue weighted by molar-refractivity contribution is 0.276. The van der Waals surface area contributed by atoms with E-state index in [4.69, 9.17) is 19.6 Å². The largest absolute Gasteiger partial charge is 0.480 e. The quantitative estimate of drug-likeness (QED) is 0.464. The number of imidazole rings is 1. The van der Waals surface area contributed by atoms with Gasteiger partial charge in [-0.3, -0.25) is 0 Å². The molecule has 5 rings (SSSR count). The van der Waals surface area contributed by atoms with E-state index >= 15 is 0 Å². The first-order chi connectivity index (χ1) is 14.7. The van der Waals surface area contributed by atoms with Gasteiger partial charge >= 0.3 is 0 Å². The van der Waals surface area contributed by atoms with Crippen molar-refractivity contribution in [3.05, 3.63) is 72.6 Å². The lowest BCUT2D eigenvalue weighted by atomic mass is 10.1. The molecule has 0 spiro atoms. The second-order valence-electron chi connectivity index (χ2n) is 6.76. The van der Waals surface area contributed by atoms with Crippen molar-refractivity contribution in [1.82, 2.24) is 19.6 Å². The van der Waals surface area contributed by atoms with Crippen LogP contribution in [0.5, 0.6) is 11.8 Å². The highest BCUT2D eigenvalue weighted by Gasteiger charge is 2.16. The molecule has 8 heteroatoms. The van der Waals surface area contributed by atoms with Gasteiger partial charge in [-0.2, -0.15) is 0 Å². The van der Waals surface area contributed by atoms with Gasteiger partial charge in [0.1, 0.15) is 17.9 Å². The molecule has 8 nitrogen and oxygen atoms in total. The number of pyridine rings is 1. The number of rotatable bonds is 6. The monoisotopic (exact) mass is 401 g/mol. The fourth-order valence-electron chi connectivity index (χ4n) is 3.30. The first-order valence-corrected chi connectivity index (χ1v) is 9.44. The summed E-state index contributed by atoms with van der Waals surface area (Å²) >= 11 is 0. The van der Waals surface area contributed by atoms with E-state index < -0.39 is 0 Å². The molecule has 1 aromatic carbocycles. The lowest BCUT2D eigenvalue weighted by Crippen LogP contribution is -2.19. The highest BCUT2D eigenvalue weighted by molar-refractivity contribution is 5.86. The lowest BCUT2D eigenvalue weighted by Gasteiger charge is -2.13. The molecule has 4 heterocycles. The van der Waals surface area contributed by atoms with Crippen LogP contribution in [-0.4, -0.2) is 33.3 Å². The number of nitrogens with zero attached hydrogens (tertiary/aromatic N) is 4. The molecule has 0 saturated carbocycles. The number of hydrogen-bond acceptors (Lipinski definition) is 7. The molecule has 0 aliphatic heterocycles. The second-order valence-corrected chi connectivity index (χ2v) is 6.76. The first kappa shape index (κ1) is 18.1. The Hall–Kier alpha value is -3.91. The van der Waals surface area contributed by atoms with Crippen molar-refractivity contribution in [3.8, 4) is 23.2 Å². The van der Waals surface area contributed by atoms with Gasteiger partial charge in [0.15, 0.2) is 11.4 Å². The van der Waals surface area contributed by atoms with Gasteiger partial charge in [-0.15, -0.1) is 5.10 Å². The average molecular weight is 401 g/mol. The normalized spacial score (nSPS) is 12.3. The number of methoxy groups -OCH3 is 1. The van der Waals surface area contributed by atoms with Crippen LogP contribution in [0.4, 0.5) is 0 Å². The molecule has 0 radical (unpaired) electrons. The number of nitrogens with two attached hydrogens (primary N) is 1. The topological polar surface area (TPSA) is 101 Å². The summed E-state index contributed by atoms with van der Waals surface area (Å²) in [4.78, 5) is 8.62. The van der Waals surface area contributed by atoms with Crippen molar-refractivity contribution in [3.63, 3.8) is 0 Å². The summed E-state index contributed by atoms with van der Waals surface area (Å²) in [6, 6.07) is 16.8. The molecule has 30 heavy (non-hydrogen) atoms. The van der Waals surface area contributed by atoms with Crippen LogP contribution >= 0.6 is 0 Å². The molecule has 0 saturated heterocycles. The van der Waals surface area contributed by atoms with E-state index in [1.807, 2.05) is 42.5 Å². The van der Waals surface area contributed by atoms with E-state index in [0.717, 1.165) is 10.9 Å². The van der Waals surface area contributed by atoms with Crippen molar-refractivity contribution in [2.24, 2.45) is 5.73 Å². The standard InChI is InChI=1S/C22H19N5O3/c1-28-22-15-11-19(30-18(15)9-10-24-22)17-12-25-20-7-8-21(26-27(17)20)29-13-16(23)14-5-3-2-4-6-14/h2-12,16H,13,23H2,1H3/t16-/m1/s1. The minimum Gasteiger partial charge on any atom is -0.480 e. The number of fused-ring (bicyclic) bond motifs is 2. The highest BCUT2D eigenvalue weighted by atomic mass is 16.5. The number of benzene rings is 1. The molecule has 0 unspecified atom stereocenters. The van der Waals surface area contributed by atoms with Crippen LogP contribution in [0.25, 0.3) is 28.1 Å². The Bertz CT molecular complexity index is 1310. The summed E-state index contributed by atoms with van der Waals surface area (Å²) in [5.41, 5.74) is 9.27. The summed E-state index contributed by atoms with van der Waals surface area (Å²) in [6.45, 7) is 0.306. The fraction of sp³-hybridized carbons (Fsp3) is 0.136. The zero-order chi connectivity index (χ0) is 20.5. The third-order valence-corrected chi connectivity index (χ3v) is 4.83. The average Bonchev–Trinajstić information content (AvgIpc) is 3.41. The molecular weight excluding hydrogens is 382 g/mol. The summed E-state index contributed by atoms with van der Waals surface area (Å²) in [6.07, 6.45) is 3.35. The minimum atomic E-state index is -0.249. The van der Waals surface area contributed by atoms with Gasteiger partial charge in [0, 0.05) is 18.3 Å². The van der Waals surface area contributed by atoms with Crippen LogP contribution < -0.4 is 15.2 Å². The molecule has 0 bridgehead atoms. The SMILES string of the molecule is COc1nccc2oc(-c3cnc4ccc(OC[C@@H](N)c5ccccc5)nn34)cc12. The van der Waals surface area contributed by atoms with Crippen LogP contribution in [0.3, 0.4) is 0 Å². The van der Waals surface area contributed by atoms with Crippen molar-refractivity contribution in [2.45, 2.75) is 6.04 Å². The third kappa shape index (κ3) is 3.23. The first-order valence-electron chi connectivity index (χ1n) is 9.44. The zero-order valence-electron chi connectivity index (χ0n) is 16.2. The van der Waals surface area contributed by atoms with E-state index in [0.29, 0.717) is 41.1 Å². The molecule has 0 aliphatic rings. The van der Waals surface area contributed by atoms with Crippen LogP contribution in [0, 0.1) is 0 Å². The maximum Gasteiger partial charge on any atom is 0.231 e. The van der Waals surface area contributed by atoms with Gasteiger partial charge < -0.3 is 19.6 Å². The molecule has 5 aromatic rings. The zero-order valence-corrected chi connectivity index (χ0v) is 16.2. The van der Waals surface area contributed by atoms with E-state index in [-0.39, 0.29) is 6.04 Å². The van der Waals surface area contributed by atoms with Crippen molar-refractivity contribution in [2.75, 3.05) is 13.7 Å². The van der Waals surface area contributed by atoms with Crippen molar-refractivity contribution < 1.29 is 13.9 Å². The smallest absolute Gasteiger partial charge is 0.231 e. The molecular formula is C22H19N5O3. The highest BCUT2D eigenvalue weighted by Crippen LogP contribution is 2.32. The Morgan fingerprint density at radius 3 is 2.80 bits per heavy atom. The van der Waals surface area contributed by atoms with Crippen LogP contribution in [0.15, 0.2) is 71.4 Å². The summed E-state index contributed by atoms with van der Waals surface area (Å²) in [7, 11) is 1.58. The summed E-state index contributed by atoms with van der Waals surface area (Å²) in [5, 5.41) is 5.34. The Labute approximate surface area is 171 Å². The van der Waals surface area contributed by atoms with E-state index in [9.17, 15) is 0 Å². The van der Waals surface area contributed by atoms with E-state index in [2.05, 4.69) is 15.1 Å².